The second-order valence-corrected chi connectivity index (χ2v) is 6.40. The van der Waals surface area contributed by atoms with Gasteiger partial charge in [-0.3, -0.25) is 0 Å². The standard InChI is InChI=1S/C22H13ClN2/c23-21-18-11-5-6-12-20(18)24-22(25-21)19-13-14-7-1-2-8-15(14)16-9-3-4-10-17(16)19/h1-13H. The van der Waals surface area contributed by atoms with Crippen LogP contribution in [0.5, 0.6) is 0 Å². The quantitative estimate of drug-likeness (QED) is 0.266. The van der Waals surface area contributed by atoms with E-state index in [4.69, 9.17) is 16.6 Å². The van der Waals surface area contributed by atoms with Crippen molar-refractivity contribution in [3.05, 3.63) is 84.0 Å². The number of para-hydroxylation sites is 1. The number of nitrogens with zero attached hydrogens (tertiary/aromatic N) is 2. The molecule has 1 heterocycles. The molecule has 0 aliphatic heterocycles. The van der Waals surface area contributed by atoms with Gasteiger partial charge in [0.15, 0.2) is 5.82 Å². The van der Waals surface area contributed by atoms with Crippen molar-refractivity contribution in [1.82, 2.24) is 9.97 Å². The van der Waals surface area contributed by atoms with Crippen LogP contribution in [0.4, 0.5) is 0 Å². The number of benzene rings is 4. The second-order valence-electron chi connectivity index (χ2n) is 6.05. The molecule has 0 bridgehead atoms. The van der Waals surface area contributed by atoms with E-state index in [2.05, 4.69) is 53.5 Å². The van der Waals surface area contributed by atoms with E-state index in [-0.39, 0.29) is 0 Å². The summed E-state index contributed by atoms with van der Waals surface area (Å²) in [7, 11) is 0. The Bertz CT molecular complexity index is 1260. The molecule has 0 amide bonds. The van der Waals surface area contributed by atoms with E-state index in [0.29, 0.717) is 11.0 Å². The normalized spacial score (nSPS) is 11.4. The van der Waals surface area contributed by atoms with E-state index in [1.807, 2.05) is 30.3 Å². The third-order valence-corrected chi connectivity index (χ3v) is 4.85. The van der Waals surface area contributed by atoms with Gasteiger partial charge in [0.05, 0.1) is 5.52 Å². The molecular weight excluding hydrogens is 328 g/mol. The Morgan fingerprint density at radius 3 is 2.08 bits per heavy atom. The molecule has 0 radical (unpaired) electrons. The van der Waals surface area contributed by atoms with Crippen molar-refractivity contribution >= 4 is 44.0 Å². The molecule has 0 aliphatic rings. The number of hydrogen-bond acceptors (Lipinski definition) is 2. The summed E-state index contributed by atoms with van der Waals surface area (Å²) < 4.78 is 0. The average Bonchev–Trinajstić information content (AvgIpc) is 2.67. The molecule has 0 saturated carbocycles. The first-order valence-electron chi connectivity index (χ1n) is 8.14. The highest BCUT2D eigenvalue weighted by Crippen LogP contribution is 2.34. The van der Waals surface area contributed by atoms with Crippen LogP contribution in [0.25, 0.3) is 43.8 Å². The van der Waals surface area contributed by atoms with E-state index in [0.717, 1.165) is 21.9 Å². The first-order valence-corrected chi connectivity index (χ1v) is 8.52. The van der Waals surface area contributed by atoms with Crippen LogP contribution < -0.4 is 0 Å². The highest BCUT2D eigenvalue weighted by Gasteiger charge is 2.12. The lowest BCUT2D eigenvalue weighted by atomic mass is 9.97. The Balaban J connectivity index is 1.91. The molecule has 1 aromatic heterocycles. The van der Waals surface area contributed by atoms with Crippen molar-refractivity contribution < 1.29 is 0 Å². The van der Waals surface area contributed by atoms with Gasteiger partial charge < -0.3 is 0 Å². The molecule has 0 unspecified atom stereocenters. The zero-order valence-electron chi connectivity index (χ0n) is 13.3. The molecule has 25 heavy (non-hydrogen) atoms. The van der Waals surface area contributed by atoms with Crippen LogP contribution in [-0.4, -0.2) is 9.97 Å². The van der Waals surface area contributed by atoms with Crippen LogP contribution in [0.3, 0.4) is 0 Å². The van der Waals surface area contributed by atoms with Gasteiger partial charge in [-0.05, 0) is 39.7 Å². The molecule has 0 saturated heterocycles. The van der Waals surface area contributed by atoms with Gasteiger partial charge in [-0.15, -0.1) is 0 Å². The van der Waals surface area contributed by atoms with Crippen LogP contribution in [-0.2, 0) is 0 Å². The maximum Gasteiger partial charge on any atom is 0.162 e. The smallest absolute Gasteiger partial charge is 0.162 e. The largest absolute Gasteiger partial charge is 0.228 e. The van der Waals surface area contributed by atoms with E-state index < -0.39 is 0 Å². The lowest BCUT2D eigenvalue weighted by Gasteiger charge is -2.11. The minimum Gasteiger partial charge on any atom is -0.228 e. The second kappa shape index (κ2) is 5.54. The van der Waals surface area contributed by atoms with Gasteiger partial charge in [0.2, 0.25) is 0 Å². The fourth-order valence-corrected chi connectivity index (χ4v) is 3.64. The molecule has 5 aromatic rings. The fraction of sp³-hybridized carbons (Fsp3) is 0. The van der Waals surface area contributed by atoms with Gasteiger partial charge >= 0.3 is 0 Å². The van der Waals surface area contributed by atoms with Gasteiger partial charge in [0.25, 0.3) is 0 Å². The predicted octanol–water partition coefficient (Wildman–Crippen LogP) is 6.26. The summed E-state index contributed by atoms with van der Waals surface area (Å²) >= 11 is 6.43. The number of aromatic nitrogens is 2. The minimum absolute atomic E-state index is 0.484. The van der Waals surface area contributed by atoms with Crippen LogP contribution in [0.15, 0.2) is 78.9 Å². The summed E-state index contributed by atoms with van der Waals surface area (Å²) in [4.78, 5) is 9.35. The number of hydrogen-bond donors (Lipinski definition) is 0. The SMILES string of the molecule is Clc1nc(-c2cc3ccccc3c3ccccc23)nc2ccccc12. The van der Waals surface area contributed by atoms with Gasteiger partial charge in [-0.2, -0.15) is 0 Å². The van der Waals surface area contributed by atoms with Crippen molar-refractivity contribution in [2.45, 2.75) is 0 Å². The molecule has 5 rings (SSSR count). The lowest BCUT2D eigenvalue weighted by molar-refractivity contribution is 1.23. The Morgan fingerprint density at radius 1 is 0.600 bits per heavy atom. The Labute approximate surface area is 149 Å². The third-order valence-electron chi connectivity index (χ3n) is 4.57. The minimum atomic E-state index is 0.484. The topological polar surface area (TPSA) is 25.8 Å². The molecule has 118 valence electrons. The van der Waals surface area contributed by atoms with Crippen LogP contribution >= 0.6 is 11.6 Å². The first-order chi connectivity index (χ1) is 12.3. The monoisotopic (exact) mass is 340 g/mol. The van der Waals surface area contributed by atoms with E-state index in [1.54, 1.807) is 0 Å². The summed E-state index contributed by atoms with van der Waals surface area (Å²) in [5.41, 5.74) is 1.86. The van der Waals surface area contributed by atoms with E-state index >= 15 is 0 Å². The average molecular weight is 341 g/mol. The highest BCUT2D eigenvalue weighted by molar-refractivity contribution is 6.34. The van der Waals surface area contributed by atoms with Gasteiger partial charge in [0, 0.05) is 10.9 Å². The summed E-state index contributed by atoms with van der Waals surface area (Å²) in [6, 6.07) is 26.7. The zero-order chi connectivity index (χ0) is 16.8. The molecule has 0 fully saturated rings. The van der Waals surface area contributed by atoms with Crippen molar-refractivity contribution in [3.8, 4) is 11.4 Å². The summed E-state index contributed by atoms with van der Waals surface area (Å²) in [6.07, 6.45) is 0. The number of rotatable bonds is 1. The van der Waals surface area contributed by atoms with Gasteiger partial charge in [-0.1, -0.05) is 72.3 Å². The molecule has 0 spiro atoms. The Hall–Kier alpha value is -2.97. The maximum atomic E-state index is 6.43. The Kier molecular flexibility index (Phi) is 3.19. The predicted molar refractivity (Wildman–Crippen MR) is 105 cm³/mol. The van der Waals surface area contributed by atoms with Crippen molar-refractivity contribution in [2.75, 3.05) is 0 Å². The molecule has 2 nitrogen and oxygen atoms in total. The molecule has 0 aliphatic carbocycles. The zero-order valence-corrected chi connectivity index (χ0v) is 14.0. The molecule has 4 aromatic carbocycles. The van der Waals surface area contributed by atoms with Crippen LogP contribution in [0.2, 0.25) is 5.15 Å². The number of fused-ring (bicyclic) bond motifs is 4. The first kappa shape index (κ1) is 14.4. The molecular formula is C22H13ClN2. The molecule has 0 N–H and O–H groups in total. The highest BCUT2D eigenvalue weighted by atomic mass is 35.5. The van der Waals surface area contributed by atoms with Gasteiger partial charge in [0.1, 0.15) is 5.15 Å². The summed E-state index contributed by atoms with van der Waals surface area (Å²) in [5, 5.41) is 6.09. The summed E-state index contributed by atoms with van der Waals surface area (Å²) in [6.45, 7) is 0. The summed E-state index contributed by atoms with van der Waals surface area (Å²) in [5.74, 6) is 0.658. The molecule has 0 atom stereocenters. The Morgan fingerprint density at radius 2 is 1.24 bits per heavy atom. The van der Waals surface area contributed by atoms with E-state index in [1.165, 1.54) is 16.2 Å². The van der Waals surface area contributed by atoms with Crippen molar-refractivity contribution in [3.63, 3.8) is 0 Å². The fourth-order valence-electron chi connectivity index (χ4n) is 3.40. The van der Waals surface area contributed by atoms with Gasteiger partial charge in [-0.25, -0.2) is 9.97 Å². The van der Waals surface area contributed by atoms with Crippen molar-refractivity contribution in [2.24, 2.45) is 0 Å². The lowest BCUT2D eigenvalue weighted by Crippen LogP contribution is -1.93. The van der Waals surface area contributed by atoms with Crippen LogP contribution in [0, 0.1) is 0 Å². The van der Waals surface area contributed by atoms with Crippen molar-refractivity contribution in [1.29, 1.82) is 0 Å². The maximum absolute atomic E-state index is 6.43. The van der Waals surface area contributed by atoms with Crippen LogP contribution in [0.1, 0.15) is 0 Å². The van der Waals surface area contributed by atoms with E-state index in [9.17, 15) is 0 Å². The number of halogens is 1. The molecule has 3 heteroatoms. The third kappa shape index (κ3) is 2.26.